The van der Waals surface area contributed by atoms with E-state index in [1.807, 2.05) is 4.68 Å². The van der Waals surface area contributed by atoms with Crippen LogP contribution in [0.25, 0.3) is 0 Å². The van der Waals surface area contributed by atoms with E-state index in [4.69, 9.17) is 0 Å². The van der Waals surface area contributed by atoms with E-state index in [1.54, 1.807) is 0 Å². The summed E-state index contributed by atoms with van der Waals surface area (Å²) in [5.74, 6) is 2.58. The van der Waals surface area contributed by atoms with Crippen molar-refractivity contribution in [3.8, 4) is 0 Å². The molecule has 1 aliphatic heterocycles. The topological polar surface area (TPSA) is 46.0 Å². The molecule has 0 radical (unpaired) electrons. The molecule has 2 heterocycles. The number of hydrogen-bond acceptors (Lipinski definition) is 5. The molecule has 19 heavy (non-hydrogen) atoms. The Labute approximate surface area is 120 Å². The predicted octanol–water partition coefficient (Wildman–Crippen LogP) is 1.21. The Hall–Kier alpha value is -0.590. The zero-order valence-electron chi connectivity index (χ0n) is 12.0. The first-order valence-electron chi connectivity index (χ1n) is 7.16. The van der Waals surface area contributed by atoms with Gasteiger partial charge in [0.2, 0.25) is 0 Å². The first kappa shape index (κ1) is 14.8. The van der Waals surface area contributed by atoms with Gasteiger partial charge in [0.25, 0.3) is 0 Å². The molecule has 0 bridgehead atoms. The van der Waals surface area contributed by atoms with E-state index in [0.29, 0.717) is 6.04 Å². The molecule has 1 N–H and O–H groups in total. The summed E-state index contributed by atoms with van der Waals surface area (Å²) in [4.78, 5) is 2.54. The molecule has 0 aromatic carbocycles. The number of hydrogen-bond donors (Lipinski definition) is 1. The van der Waals surface area contributed by atoms with Gasteiger partial charge in [-0.3, -0.25) is 4.68 Å². The van der Waals surface area contributed by atoms with Crippen molar-refractivity contribution in [2.45, 2.75) is 39.4 Å². The molecular formula is C13H25N5S. The third-order valence-electron chi connectivity index (χ3n) is 3.24. The minimum atomic E-state index is 0.486. The zero-order valence-corrected chi connectivity index (χ0v) is 12.8. The molecule has 1 aliphatic rings. The van der Waals surface area contributed by atoms with Crippen molar-refractivity contribution in [1.82, 2.24) is 25.2 Å². The van der Waals surface area contributed by atoms with Crippen molar-refractivity contribution >= 4 is 11.8 Å². The van der Waals surface area contributed by atoms with Gasteiger partial charge in [-0.15, -0.1) is 5.10 Å². The first-order valence-corrected chi connectivity index (χ1v) is 8.32. The third-order valence-corrected chi connectivity index (χ3v) is 4.29. The van der Waals surface area contributed by atoms with Gasteiger partial charge in [-0.05, 0) is 18.7 Å². The molecule has 1 aromatic rings. The van der Waals surface area contributed by atoms with Crippen molar-refractivity contribution in [3.05, 3.63) is 11.9 Å². The van der Waals surface area contributed by atoms with E-state index in [0.717, 1.165) is 25.3 Å². The SMILES string of the molecule is CC(C)NCc1cn(CCN2CCCSCC2)nn1. The molecule has 0 amide bonds. The maximum absolute atomic E-state index is 4.20. The fourth-order valence-electron chi connectivity index (χ4n) is 2.10. The molecule has 1 fully saturated rings. The van der Waals surface area contributed by atoms with Crippen LogP contribution in [-0.2, 0) is 13.1 Å². The molecule has 0 atom stereocenters. The Morgan fingerprint density at radius 1 is 1.32 bits per heavy atom. The van der Waals surface area contributed by atoms with Crippen LogP contribution in [0.1, 0.15) is 26.0 Å². The standard InChI is InChI=1S/C13H25N5S/c1-12(2)14-10-13-11-18(16-15-13)6-5-17-4-3-8-19-9-7-17/h11-12,14H,3-10H2,1-2H3. The summed E-state index contributed by atoms with van der Waals surface area (Å²) in [5, 5.41) is 11.8. The Bertz CT molecular complexity index is 358. The van der Waals surface area contributed by atoms with E-state index >= 15 is 0 Å². The highest BCUT2D eigenvalue weighted by molar-refractivity contribution is 7.99. The molecule has 1 saturated heterocycles. The van der Waals surface area contributed by atoms with Crippen molar-refractivity contribution in [2.24, 2.45) is 0 Å². The number of rotatable bonds is 6. The lowest BCUT2D eigenvalue weighted by Crippen LogP contribution is -2.29. The van der Waals surface area contributed by atoms with Gasteiger partial charge >= 0.3 is 0 Å². The molecule has 5 nitrogen and oxygen atoms in total. The molecule has 6 heteroatoms. The van der Waals surface area contributed by atoms with Gasteiger partial charge in [0.15, 0.2) is 0 Å². The summed E-state index contributed by atoms with van der Waals surface area (Å²) >= 11 is 2.07. The highest BCUT2D eigenvalue weighted by atomic mass is 32.2. The van der Waals surface area contributed by atoms with Crippen LogP contribution < -0.4 is 5.32 Å². The average molecular weight is 283 g/mol. The van der Waals surface area contributed by atoms with Crippen LogP contribution in [0, 0.1) is 0 Å². The van der Waals surface area contributed by atoms with Gasteiger partial charge in [0.05, 0.1) is 12.2 Å². The fourth-order valence-corrected chi connectivity index (χ4v) is 3.03. The second-order valence-corrected chi connectivity index (χ2v) is 6.54. The predicted molar refractivity (Wildman–Crippen MR) is 80.4 cm³/mol. The van der Waals surface area contributed by atoms with Crippen molar-refractivity contribution in [2.75, 3.05) is 31.1 Å². The quantitative estimate of drug-likeness (QED) is 0.850. The zero-order chi connectivity index (χ0) is 13.5. The lowest BCUT2D eigenvalue weighted by molar-refractivity contribution is 0.277. The lowest BCUT2D eigenvalue weighted by Gasteiger charge is -2.18. The second-order valence-electron chi connectivity index (χ2n) is 5.32. The largest absolute Gasteiger partial charge is 0.309 e. The summed E-state index contributed by atoms with van der Waals surface area (Å²) < 4.78 is 1.97. The Kier molecular flexibility index (Phi) is 6.13. The van der Waals surface area contributed by atoms with Gasteiger partial charge in [-0.2, -0.15) is 11.8 Å². The van der Waals surface area contributed by atoms with Crippen LogP contribution in [0.4, 0.5) is 0 Å². The maximum Gasteiger partial charge on any atom is 0.0964 e. The first-order chi connectivity index (χ1) is 9.24. The minimum Gasteiger partial charge on any atom is -0.309 e. The van der Waals surface area contributed by atoms with Crippen LogP contribution in [-0.4, -0.2) is 57.1 Å². The van der Waals surface area contributed by atoms with Gasteiger partial charge in [-0.1, -0.05) is 19.1 Å². The van der Waals surface area contributed by atoms with Gasteiger partial charge in [0.1, 0.15) is 0 Å². The van der Waals surface area contributed by atoms with Crippen molar-refractivity contribution in [1.29, 1.82) is 0 Å². The van der Waals surface area contributed by atoms with Crippen molar-refractivity contribution in [3.63, 3.8) is 0 Å². The summed E-state index contributed by atoms with van der Waals surface area (Å²) in [6, 6.07) is 0.486. The Morgan fingerprint density at radius 3 is 3.05 bits per heavy atom. The van der Waals surface area contributed by atoms with Gasteiger partial charge < -0.3 is 10.2 Å². The average Bonchev–Trinajstić information content (AvgIpc) is 2.68. The highest BCUT2D eigenvalue weighted by Gasteiger charge is 2.09. The Balaban J connectivity index is 1.73. The highest BCUT2D eigenvalue weighted by Crippen LogP contribution is 2.09. The third kappa shape index (κ3) is 5.50. The molecule has 0 spiro atoms. The molecule has 0 saturated carbocycles. The fraction of sp³-hybridized carbons (Fsp3) is 0.846. The van der Waals surface area contributed by atoms with Crippen LogP contribution in [0.5, 0.6) is 0 Å². The number of aromatic nitrogens is 3. The lowest BCUT2D eigenvalue weighted by atomic mass is 10.3. The molecule has 1 aromatic heterocycles. The smallest absolute Gasteiger partial charge is 0.0964 e. The molecule has 108 valence electrons. The van der Waals surface area contributed by atoms with Crippen molar-refractivity contribution < 1.29 is 0 Å². The summed E-state index contributed by atoms with van der Waals surface area (Å²) in [5.41, 5.74) is 1.03. The second kappa shape index (κ2) is 7.87. The van der Waals surface area contributed by atoms with E-state index in [2.05, 4.69) is 52.3 Å². The van der Waals surface area contributed by atoms with Gasteiger partial charge in [0, 0.05) is 37.6 Å². The van der Waals surface area contributed by atoms with E-state index in [-0.39, 0.29) is 0 Å². The van der Waals surface area contributed by atoms with Crippen LogP contribution >= 0.6 is 11.8 Å². The summed E-state index contributed by atoms with van der Waals surface area (Å²) in [7, 11) is 0. The monoisotopic (exact) mass is 283 g/mol. The van der Waals surface area contributed by atoms with Gasteiger partial charge in [-0.25, -0.2) is 0 Å². The molecule has 0 unspecified atom stereocenters. The van der Waals surface area contributed by atoms with E-state index in [9.17, 15) is 0 Å². The normalized spacial score (nSPS) is 17.8. The number of nitrogens with one attached hydrogen (secondary N) is 1. The maximum atomic E-state index is 4.20. The molecule has 0 aliphatic carbocycles. The van der Waals surface area contributed by atoms with Crippen LogP contribution in [0.3, 0.4) is 0 Å². The number of thioether (sulfide) groups is 1. The van der Waals surface area contributed by atoms with Crippen LogP contribution in [0.15, 0.2) is 6.20 Å². The molecule has 2 rings (SSSR count). The minimum absolute atomic E-state index is 0.486. The summed E-state index contributed by atoms with van der Waals surface area (Å²) in [6.45, 7) is 9.55. The summed E-state index contributed by atoms with van der Waals surface area (Å²) in [6.07, 6.45) is 3.37. The Morgan fingerprint density at radius 2 is 2.21 bits per heavy atom. The van der Waals surface area contributed by atoms with E-state index in [1.165, 1.54) is 31.0 Å². The molecular weight excluding hydrogens is 258 g/mol. The van der Waals surface area contributed by atoms with Crippen LogP contribution in [0.2, 0.25) is 0 Å². The van der Waals surface area contributed by atoms with E-state index < -0.39 is 0 Å². The number of nitrogens with zero attached hydrogens (tertiary/aromatic N) is 4.